The fourth-order valence-corrected chi connectivity index (χ4v) is 1.96. The van der Waals surface area contributed by atoms with Gasteiger partial charge < -0.3 is 4.90 Å². The predicted octanol–water partition coefficient (Wildman–Crippen LogP) is 2.88. The Hall–Kier alpha value is -1.87. The van der Waals surface area contributed by atoms with E-state index in [9.17, 15) is 0 Å². The number of benzene rings is 1. The maximum absolute atomic E-state index is 6.11. The second kappa shape index (κ2) is 5.85. The molecule has 2 rings (SSSR count). The van der Waals surface area contributed by atoms with Gasteiger partial charge >= 0.3 is 5.15 Å². The van der Waals surface area contributed by atoms with Crippen LogP contribution < -0.4 is 9.58 Å². The van der Waals surface area contributed by atoms with Crippen molar-refractivity contribution in [1.82, 2.24) is 0 Å². The molecular weight excluding hydrogens is 258 g/mol. The molecule has 1 heterocycles. The molecule has 0 radical (unpaired) electrons. The largest absolute Gasteiger partial charge is 0.378 e. The Balaban J connectivity index is 2.23. The van der Waals surface area contributed by atoms with Gasteiger partial charge in [0, 0.05) is 38.8 Å². The fraction of sp³-hybridized carbons (Fsp3) is 0.200. The van der Waals surface area contributed by atoms with E-state index in [1.807, 2.05) is 51.4 Å². The van der Waals surface area contributed by atoms with Crippen molar-refractivity contribution in [2.24, 2.45) is 5.10 Å². The van der Waals surface area contributed by atoms with Crippen LogP contribution in [0.5, 0.6) is 0 Å². The molecule has 4 heteroatoms. The second-order valence-corrected chi connectivity index (χ2v) is 4.92. The average Bonchev–Trinajstić information content (AvgIpc) is 2.38. The summed E-state index contributed by atoms with van der Waals surface area (Å²) < 4.78 is 1.71. The van der Waals surface area contributed by atoms with Gasteiger partial charge in [0.05, 0.1) is 0 Å². The number of halogens is 1. The van der Waals surface area contributed by atoms with E-state index in [1.165, 1.54) is 5.69 Å². The van der Waals surface area contributed by atoms with Crippen molar-refractivity contribution in [1.29, 1.82) is 0 Å². The van der Waals surface area contributed by atoms with E-state index in [2.05, 4.69) is 22.1 Å². The molecule has 0 aliphatic carbocycles. The van der Waals surface area contributed by atoms with E-state index in [-0.39, 0.29) is 0 Å². The number of nitrogens with zero attached hydrogens (tertiary/aromatic N) is 3. The lowest BCUT2D eigenvalue weighted by atomic mass is 10.2. The van der Waals surface area contributed by atoms with Crippen LogP contribution in [-0.4, -0.2) is 20.3 Å². The Morgan fingerprint density at radius 1 is 1.11 bits per heavy atom. The molecule has 3 nitrogen and oxygen atoms in total. The molecule has 0 spiro atoms. The minimum atomic E-state index is 0.598. The van der Waals surface area contributed by atoms with Gasteiger partial charge in [0.25, 0.3) is 0 Å². The van der Waals surface area contributed by atoms with Gasteiger partial charge in [-0.25, -0.2) is 0 Å². The molecule has 0 saturated carbocycles. The molecule has 2 aromatic rings. The van der Waals surface area contributed by atoms with Gasteiger partial charge in [-0.05, 0) is 45.1 Å². The summed E-state index contributed by atoms with van der Waals surface area (Å²) in [4.78, 5) is 2.06. The molecular formula is C15H17ClN3+. The first kappa shape index (κ1) is 13.6. The zero-order chi connectivity index (χ0) is 13.8. The number of pyridine rings is 1. The molecule has 0 fully saturated rings. The summed E-state index contributed by atoms with van der Waals surface area (Å²) in [6.45, 7) is 1.97. The fourth-order valence-electron chi connectivity index (χ4n) is 1.71. The van der Waals surface area contributed by atoms with Gasteiger partial charge in [0.2, 0.25) is 5.69 Å². The van der Waals surface area contributed by atoms with E-state index in [4.69, 9.17) is 11.6 Å². The standard InChI is InChI=1S/C15H17ClN3/c1-12-5-4-6-15(16)19(12)17-11-13-7-9-14(10-8-13)18(2)3/h4-11H,1-3H3/q+1/b17-11+. The summed E-state index contributed by atoms with van der Waals surface area (Å²) in [6.07, 6.45) is 1.80. The number of hydrogen-bond donors (Lipinski definition) is 0. The number of rotatable bonds is 3. The molecule has 0 aliphatic heterocycles. The Kier molecular flexibility index (Phi) is 4.17. The quantitative estimate of drug-likeness (QED) is 0.479. The van der Waals surface area contributed by atoms with E-state index in [1.54, 1.807) is 10.9 Å². The molecule has 19 heavy (non-hydrogen) atoms. The molecule has 0 aliphatic rings. The third-order valence-corrected chi connectivity index (χ3v) is 3.13. The lowest BCUT2D eigenvalue weighted by molar-refractivity contribution is -0.682. The monoisotopic (exact) mass is 274 g/mol. The average molecular weight is 275 g/mol. The summed E-state index contributed by atoms with van der Waals surface area (Å²) in [5, 5.41) is 4.99. The Bertz CT molecular complexity index is 569. The van der Waals surface area contributed by atoms with Crippen LogP contribution in [0.15, 0.2) is 47.6 Å². The zero-order valence-corrected chi connectivity index (χ0v) is 12.1. The maximum Gasteiger partial charge on any atom is 0.306 e. The minimum absolute atomic E-state index is 0.598. The highest BCUT2D eigenvalue weighted by molar-refractivity contribution is 6.28. The third kappa shape index (κ3) is 3.32. The third-order valence-electron chi connectivity index (χ3n) is 2.84. The number of anilines is 1. The van der Waals surface area contributed by atoms with Gasteiger partial charge in [-0.2, -0.15) is 0 Å². The molecule has 0 amide bonds. The van der Waals surface area contributed by atoms with Gasteiger partial charge in [-0.15, -0.1) is 0 Å². The summed E-state index contributed by atoms with van der Waals surface area (Å²) in [6, 6.07) is 13.9. The highest BCUT2D eigenvalue weighted by Gasteiger charge is 2.09. The van der Waals surface area contributed by atoms with Crippen molar-refractivity contribution in [3.63, 3.8) is 0 Å². The van der Waals surface area contributed by atoms with Crippen molar-refractivity contribution >= 4 is 23.5 Å². The normalized spacial score (nSPS) is 10.9. The topological polar surface area (TPSA) is 19.5 Å². The molecule has 1 aromatic carbocycles. The van der Waals surface area contributed by atoms with E-state index >= 15 is 0 Å². The van der Waals surface area contributed by atoms with Crippen LogP contribution >= 0.6 is 11.6 Å². The van der Waals surface area contributed by atoms with Crippen molar-refractivity contribution in [3.05, 3.63) is 58.9 Å². The van der Waals surface area contributed by atoms with E-state index < -0.39 is 0 Å². The molecule has 0 saturated heterocycles. The molecule has 0 N–H and O–H groups in total. The van der Waals surface area contributed by atoms with Crippen LogP contribution in [0.1, 0.15) is 11.3 Å². The van der Waals surface area contributed by atoms with Crippen LogP contribution in [0.25, 0.3) is 0 Å². The molecule has 0 unspecified atom stereocenters. The summed E-state index contributed by atoms with van der Waals surface area (Å²) in [7, 11) is 4.04. The first-order chi connectivity index (χ1) is 9.08. The molecule has 98 valence electrons. The smallest absolute Gasteiger partial charge is 0.306 e. The highest BCUT2D eigenvalue weighted by atomic mass is 35.5. The zero-order valence-electron chi connectivity index (χ0n) is 11.3. The van der Waals surface area contributed by atoms with Crippen LogP contribution in [0.2, 0.25) is 5.15 Å². The minimum Gasteiger partial charge on any atom is -0.378 e. The Morgan fingerprint density at radius 3 is 2.37 bits per heavy atom. The Morgan fingerprint density at radius 2 is 1.79 bits per heavy atom. The first-order valence-corrected chi connectivity index (χ1v) is 6.44. The summed E-state index contributed by atoms with van der Waals surface area (Å²) in [5.41, 5.74) is 3.20. The van der Waals surface area contributed by atoms with Gasteiger partial charge in [0.15, 0.2) is 0 Å². The second-order valence-electron chi connectivity index (χ2n) is 4.53. The number of aryl methyl sites for hydroxylation is 1. The lowest BCUT2D eigenvalue weighted by Gasteiger charge is -2.11. The van der Waals surface area contributed by atoms with Crippen LogP contribution in [-0.2, 0) is 0 Å². The Labute approximate surface area is 118 Å². The molecule has 1 aromatic heterocycles. The summed E-state index contributed by atoms with van der Waals surface area (Å²) >= 11 is 6.11. The van der Waals surface area contributed by atoms with Crippen molar-refractivity contribution in [2.75, 3.05) is 19.0 Å². The number of aromatic nitrogens is 1. The van der Waals surface area contributed by atoms with Gasteiger partial charge in [-0.1, -0.05) is 12.1 Å². The predicted molar refractivity (Wildman–Crippen MR) is 80.1 cm³/mol. The first-order valence-electron chi connectivity index (χ1n) is 6.07. The SMILES string of the molecule is Cc1cccc(Cl)[n+]1/N=C/c1ccc(N(C)C)cc1. The highest BCUT2D eigenvalue weighted by Crippen LogP contribution is 2.11. The maximum atomic E-state index is 6.11. The van der Waals surface area contributed by atoms with E-state index in [0.29, 0.717) is 5.15 Å². The summed E-state index contributed by atoms with van der Waals surface area (Å²) in [5.74, 6) is 0. The van der Waals surface area contributed by atoms with Crippen LogP contribution in [0, 0.1) is 6.92 Å². The van der Waals surface area contributed by atoms with Crippen molar-refractivity contribution in [2.45, 2.75) is 6.92 Å². The number of hydrogen-bond acceptors (Lipinski definition) is 2. The van der Waals surface area contributed by atoms with E-state index in [0.717, 1.165) is 11.3 Å². The molecule has 0 atom stereocenters. The van der Waals surface area contributed by atoms with Crippen molar-refractivity contribution in [3.8, 4) is 0 Å². The van der Waals surface area contributed by atoms with Gasteiger partial charge in [0.1, 0.15) is 6.21 Å². The lowest BCUT2D eigenvalue weighted by Crippen LogP contribution is -2.32. The molecule has 0 bridgehead atoms. The van der Waals surface area contributed by atoms with Crippen molar-refractivity contribution < 1.29 is 4.68 Å². The van der Waals surface area contributed by atoms with Crippen LogP contribution in [0.4, 0.5) is 5.69 Å². The van der Waals surface area contributed by atoms with Crippen LogP contribution in [0.3, 0.4) is 0 Å². The van der Waals surface area contributed by atoms with Gasteiger partial charge in [-0.3, -0.25) is 0 Å².